The molecule has 1 heterocycles. The summed E-state index contributed by atoms with van der Waals surface area (Å²) in [5.41, 5.74) is -0.384. The van der Waals surface area contributed by atoms with Crippen molar-refractivity contribution < 1.29 is 14.8 Å². The molecule has 4 heteroatoms. The van der Waals surface area contributed by atoms with Gasteiger partial charge in [-0.15, -0.1) is 0 Å². The highest BCUT2D eigenvalue weighted by molar-refractivity contribution is 5.68. The van der Waals surface area contributed by atoms with E-state index in [0.717, 1.165) is 19.5 Å². The Morgan fingerprint density at radius 3 is 2.57 bits per heavy atom. The van der Waals surface area contributed by atoms with Gasteiger partial charge >= 0.3 is 6.09 Å². The molecule has 1 saturated heterocycles. The van der Waals surface area contributed by atoms with Gasteiger partial charge in [0.15, 0.2) is 0 Å². The fourth-order valence-corrected chi connectivity index (χ4v) is 1.55. The summed E-state index contributed by atoms with van der Waals surface area (Å²) in [4.78, 5) is 13.4. The number of carbonyl (C=O) groups excluding carboxylic acids is 1. The van der Waals surface area contributed by atoms with Gasteiger partial charge in [0.2, 0.25) is 0 Å². The molecule has 0 bridgehead atoms. The summed E-state index contributed by atoms with van der Waals surface area (Å²) in [7, 11) is 2.04. The Bertz CT molecular complexity index is 211. The maximum absolute atomic E-state index is 11.6. The predicted octanol–water partition coefficient (Wildman–Crippen LogP) is 0.189. The van der Waals surface area contributed by atoms with E-state index in [2.05, 4.69) is 5.32 Å². The Labute approximate surface area is 85.6 Å². The summed E-state index contributed by atoms with van der Waals surface area (Å²) in [6, 6.07) is 0.544. The molecule has 0 spiro atoms. The van der Waals surface area contributed by atoms with E-state index in [1.807, 2.05) is 27.8 Å². The lowest BCUT2D eigenvalue weighted by Crippen LogP contribution is -2.86. The van der Waals surface area contributed by atoms with Crippen LogP contribution in [0.15, 0.2) is 0 Å². The summed E-state index contributed by atoms with van der Waals surface area (Å²) >= 11 is 0. The van der Waals surface area contributed by atoms with Crippen LogP contribution in [0.5, 0.6) is 0 Å². The number of ether oxygens (including phenoxy) is 1. The first-order valence-electron chi connectivity index (χ1n) is 5.20. The minimum atomic E-state index is -0.384. The smallest absolute Gasteiger partial charge is 0.410 e. The van der Waals surface area contributed by atoms with Crippen LogP contribution in [0.1, 0.15) is 27.2 Å². The van der Waals surface area contributed by atoms with Crippen LogP contribution >= 0.6 is 0 Å². The molecule has 0 radical (unpaired) electrons. The third-order valence-electron chi connectivity index (χ3n) is 2.35. The quantitative estimate of drug-likeness (QED) is 0.658. The molecule has 0 unspecified atom stereocenters. The van der Waals surface area contributed by atoms with Crippen molar-refractivity contribution in [2.45, 2.75) is 38.8 Å². The van der Waals surface area contributed by atoms with Crippen molar-refractivity contribution in [2.24, 2.45) is 0 Å². The molecule has 1 atom stereocenters. The maximum Gasteiger partial charge on any atom is 0.410 e. The van der Waals surface area contributed by atoms with Crippen LogP contribution in [-0.2, 0) is 4.74 Å². The van der Waals surface area contributed by atoms with Crippen LogP contribution in [-0.4, -0.2) is 42.8 Å². The number of carbonyl (C=O) groups is 1. The summed E-state index contributed by atoms with van der Waals surface area (Å²) in [5, 5.41) is 2.16. The Morgan fingerprint density at radius 1 is 1.50 bits per heavy atom. The first-order chi connectivity index (χ1) is 6.42. The van der Waals surface area contributed by atoms with E-state index in [1.165, 1.54) is 0 Å². The van der Waals surface area contributed by atoms with Gasteiger partial charge in [-0.2, -0.15) is 0 Å². The van der Waals surface area contributed by atoms with E-state index < -0.39 is 0 Å². The molecule has 0 aromatic heterocycles. The van der Waals surface area contributed by atoms with Crippen molar-refractivity contribution in [3.05, 3.63) is 0 Å². The molecule has 4 nitrogen and oxygen atoms in total. The third kappa shape index (κ3) is 3.18. The van der Waals surface area contributed by atoms with Crippen molar-refractivity contribution in [1.29, 1.82) is 0 Å². The molecule has 0 aromatic rings. The van der Waals surface area contributed by atoms with Crippen molar-refractivity contribution in [1.82, 2.24) is 4.90 Å². The highest BCUT2D eigenvalue weighted by atomic mass is 16.6. The van der Waals surface area contributed by atoms with Gasteiger partial charge in [-0.1, -0.05) is 0 Å². The van der Waals surface area contributed by atoms with Crippen LogP contribution in [0, 0.1) is 0 Å². The SMILES string of the molecule is C[NH2+][C@@H]1CCN(C(=O)OC(C)(C)C)C1. The number of hydrogen-bond acceptors (Lipinski definition) is 2. The fourth-order valence-electron chi connectivity index (χ4n) is 1.55. The predicted molar refractivity (Wildman–Crippen MR) is 54.1 cm³/mol. The van der Waals surface area contributed by atoms with E-state index in [-0.39, 0.29) is 11.7 Å². The standard InChI is InChI=1S/C10H20N2O2/c1-10(2,3)14-9(13)12-6-5-8(7-12)11-4/h8,11H,5-7H2,1-4H3/p+1/t8-/m1/s1. The monoisotopic (exact) mass is 201 g/mol. The van der Waals surface area contributed by atoms with E-state index in [1.54, 1.807) is 4.90 Å². The van der Waals surface area contributed by atoms with Crippen molar-refractivity contribution >= 4 is 6.09 Å². The third-order valence-corrected chi connectivity index (χ3v) is 2.35. The van der Waals surface area contributed by atoms with Crippen molar-refractivity contribution in [3.8, 4) is 0 Å². The molecule has 14 heavy (non-hydrogen) atoms. The summed E-state index contributed by atoms with van der Waals surface area (Å²) in [6.45, 7) is 7.31. The molecular formula is C10H21N2O2+. The Morgan fingerprint density at radius 2 is 2.14 bits per heavy atom. The molecule has 1 aliphatic heterocycles. The van der Waals surface area contributed by atoms with E-state index in [9.17, 15) is 4.79 Å². The van der Waals surface area contributed by atoms with Crippen molar-refractivity contribution in [3.63, 3.8) is 0 Å². The second-order valence-corrected chi connectivity index (χ2v) is 4.81. The lowest BCUT2D eigenvalue weighted by Gasteiger charge is -2.23. The first-order valence-corrected chi connectivity index (χ1v) is 5.20. The zero-order valence-electron chi connectivity index (χ0n) is 9.54. The first kappa shape index (κ1) is 11.3. The van der Waals surface area contributed by atoms with E-state index >= 15 is 0 Å². The lowest BCUT2D eigenvalue weighted by atomic mass is 10.2. The summed E-state index contributed by atoms with van der Waals surface area (Å²) in [6.07, 6.45) is 0.886. The van der Waals surface area contributed by atoms with Gasteiger partial charge in [-0.05, 0) is 20.8 Å². The number of nitrogens with two attached hydrogens (primary N) is 1. The molecule has 1 fully saturated rings. The Balaban J connectivity index is 2.40. The Hall–Kier alpha value is -0.770. The largest absolute Gasteiger partial charge is 0.444 e. The van der Waals surface area contributed by atoms with E-state index in [4.69, 9.17) is 4.74 Å². The average Bonchev–Trinajstić information content (AvgIpc) is 2.48. The summed E-state index contributed by atoms with van der Waals surface area (Å²) < 4.78 is 5.29. The Kier molecular flexibility index (Phi) is 3.37. The second-order valence-electron chi connectivity index (χ2n) is 4.81. The van der Waals surface area contributed by atoms with Gasteiger partial charge in [0, 0.05) is 13.0 Å². The molecule has 0 saturated carbocycles. The van der Waals surface area contributed by atoms with Crippen LogP contribution < -0.4 is 5.32 Å². The molecular weight excluding hydrogens is 180 g/mol. The van der Waals surface area contributed by atoms with Gasteiger partial charge in [0.25, 0.3) is 0 Å². The topological polar surface area (TPSA) is 46.2 Å². The van der Waals surface area contributed by atoms with Crippen LogP contribution in [0.4, 0.5) is 4.79 Å². The molecule has 1 aliphatic rings. The van der Waals surface area contributed by atoms with Crippen LogP contribution in [0.25, 0.3) is 0 Å². The van der Waals surface area contributed by atoms with Gasteiger partial charge < -0.3 is 15.0 Å². The number of nitrogens with zero attached hydrogens (tertiary/aromatic N) is 1. The molecule has 0 aliphatic carbocycles. The number of amides is 1. The van der Waals surface area contributed by atoms with Gasteiger partial charge in [-0.25, -0.2) is 4.79 Å². The fraction of sp³-hybridized carbons (Fsp3) is 0.900. The van der Waals surface area contributed by atoms with Crippen molar-refractivity contribution in [2.75, 3.05) is 20.1 Å². The van der Waals surface area contributed by atoms with Gasteiger partial charge in [0.1, 0.15) is 11.6 Å². The van der Waals surface area contributed by atoms with Crippen LogP contribution in [0.3, 0.4) is 0 Å². The number of likely N-dealkylation sites (tertiary alicyclic amines) is 1. The molecule has 1 amide bonds. The normalized spacial score (nSPS) is 22.6. The maximum atomic E-state index is 11.6. The number of hydrogen-bond donors (Lipinski definition) is 1. The number of likely N-dealkylation sites (N-methyl/N-ethyl adjacent to an activating group) is 1. The molecule has 0 aromatic carbocycles. The minimum absolute atomic E-state index is 0.179. The highest BCUT2D eigenvalue weighted by Gasteiger charge is 2.30. The zero-order chi connectivity index (χ0) is 10.8. The van der Waals surface area contributed by atoms with Crippen LogP contribution in [0.2, 0.25) is 0 Å². The lowest BCUT2D eigenvalue weighted by molar-refractivity contribution is -0.659. The molecule has 1 rings (SSSR count). The minimum Gasteiger partial charge on any atom is -0.444 e. The summed E-state index contributed by atoms with van der Waals surface area (Å²) in [5.74, 6) is 0. The van der Waals surface area contributed by atoms with E-state index in [0.29, 0.717) is 6.04 Å². The number of quaternary nitrogens is 1. The highest BCUT2D eigenvalue weighted by Crippen LogP contribution is 2.13. The second kappa shape index (κ2) is 4.17. The number of rotatable bonds is 1. The van der Waals surface area contributed by atoms with Gasteiger partial charge in [0.05, 0.1) is 13.6 Å². The average molecular weight is 201 g/mol. The van der Waals surface area contributed by atoms with Gasteiger partial charge in [-0.3, -0.25) is 0 Å². The molecule has 2 N–H and O–H groups in total. The molecule has 82 valence electrons. The zero-order valence-corrected chi connectivity index (χ0v) is 9.54.